The zero-order chi connectivity index (χ0) is 16.7. The second-order valence-corrected chi connectivity index (χ2v) is 6.41. The van der Waals surface area contributed by atoms with E-state index in [1.54, 1.807) is 6.92 Å². The molecule has 0 aliphatic rings. The van der Waals surface area contributed by atoms with Crippen LogP contribution >= 0.6 is 15.9 Å². The van der Waals surface area contributed by atoms with Crippen molar-refractivity contribution in [1.29, 1.82) is 0 Å². The maximum absolute atomic E-state index is 13.0. The number of hydrogen-bond donors (Lipinski definition) is 1. The lowest BCUT2D eigenvalue weighted by molar-refractivity contribution is -0.127. The van der Waals surface area contributed by atoms with Crippen molar-refractivity contribution >= 4 is 21.8 Å². The van der Waals surface area contributed by atoms with Crippen LogP contribution in [0.5, 0.6) is 5.75 Å². The molecule has 0 aliphatic heterocycles. The van der Waals surface area contributed by atoms with Crippen LogP contribution in [-0.4, -0.2) is 43.1 Å². The van der Waals surface area contributed by atoms with Crippen molar-refractivity contribution < 1.29 is 13.9 Å². The van der Waals surface area contributed by atoms with Gasteiger partial charge in [-0.3, -0.25) is 4.79 Å². The van der Waals surface area contributed by atoms with Crippen molar-refractivity contribution in [1.82, 2.24) is 10.2 Å². The molecule has 0 aromatic heterocycles. The summed E-state index contributed by atoms with van der Waals surface area (Å²) in [6, 6.07) is 4.60. The van der Waals surface area contributed by atoms with Crippen LogP contribution in [0.3, 0.4) is 0 Å². The summed E-state index contributed by atoms with van der Waals surface area (Å²) in [5.41, 5.74) is 0. The van der Waals surface area contributed by atoms with E-state index >= 15 is 0 Å². The largest absolute Gasteiger partial charge is 0.480 e. The number of ether oxygens (including phenoxy) is 1. The van der Waals surface area contributed by atoms with Crippen LogP contribution in [0.2, 0.25) is 0 Å². The Kier molecular flexibility index (Phi) is 7.82. The summed E-state index contributed by atoms with van der Waals surface area (Å²) in [6.45, 7) is 7.47. The maximum Gasteiger partial charge on any atom is 0.260 e. The number of benzene rings is 1. The fraction of sp³-hybridized carbons (Fsp3) is 0.562. The van der Waals surface area contributed by atoms with E-state index in [4.69, 9.17) is 4.74 Å². The summed E-state index contributed by atoms with van der Waals surface area (Å²) in [7, 11) is 2.06. The van der Waals surface area contributed by atoms with Gasteiger partial charge in [0.15, 0.2) is 6.10 Å². The molecule has 0 heterocycles. The third-order valence-electron chi connectivity index (χ3n) is 3.44. The van der Waals surface area contributed by atoms with E-state index in [1.165, 1.54) is 18.2 Å². The predicted octanol–water partition coefficient (Wildman–Crippen LogP) is 3.20. The normalized spacial score (nSPS) is 12.5. The van der Waals surface area contributed by atoms with Gasteiger partial charge in [0, 0.05) is 12.6 Å². The molecule has 1 N–H and O–H groups in total. The highest BCUT2D eigenvalue weighted by Gasteiger charge is 2.15. The highest BCUT2D eigenvalue weighted by molar-refractivity contribution is 9.10. The molecule has 0 spiro atoms. The smallest absolute Gasteiger partial charge is 0.260 e. The van der Waals surface area contributed by atoms with Crippen LogP contribution in [0.25, 0.3) is 0 Å². The second-order valence-electron chi connectivity index (χ2n) is 5.55. The van der Waals surface area contributed by atoms with Crippen molar-refractivity contribution in [2.75, 3.05) is 20.1 Å². The quantitative estimate of drug-likeness (QED) is 0.710. The van der Waals surface area contributed by atoms with Gasteiger partial charge in [-0.05, 0) is 74.9 Å². The topological polar surface area (TPSA) is 41.6 Å². The first-order chi connectivity index (χ1) is 10.3. The molecule has 1 atom stereocenters. The van der Waals surface area contributed by atoms with Gasteiger partial charge in [0.25, 0.3) is 5.91 Å². The first-order valence-corrected chi connectivity index (χ1v) is 8.20. The monoisotopic (exact) mass is 374 g/mol. The average molecular weight is 375 g/mol. The Morgan fingerprint density at radius 2 is 2.09 bits per heavy atom. The third kappa shape index (κ3) is 6.32. The van der Waals surface area contributed by atoms with Gasteiger partial charge in [-0.2, -0.15) is 0 Å². The molecule has 0 fully saturated rings. The second kappa shape index (κ2) is 9.10. The average Bonchev–Trinajstić information content (AvgIpc) is 2.45. The number of amides is 1. The van der Waals surface area contributed by atoms with Crippen LogP contribution in [0, 0.1) is 5.82 Å². The zero-order valence-corrected chi connectivity index (χ0v) is 15.1. The summed E-state index contributed by atoms with van der Waals surface area (Å²) < 4.78 is 19.0. The van der Waals surface area contributed by atoms with Crippen molar-refractivity contribution in [3.05, 3.63) is 28.5 Å². The van der Waals surface area contributed by atoms with Gasteiger partial charge in [0.05, 0.1) is 4.47 Å². The Morgan fingerprint density at radius 1 is 1.41 bits per heavy atom. The minimum atomic E-state index is -0.635. The van der Waals surface area contributed by atoms with Crippen LogP contribution in [0.15, 0.2) is 22.7 Å². The molecule has 0 aliphatic carbocycles. The Bertz CT molecular complexity index is 497. The number of nitrogens with one attached hydrogen (secondary N) is 1. The zero-order valence-electron chi connectivity index (χ0n) is 13.5. The molecule has 0 unspecified atom stereocenters. The Morgan fingerprint density at radius 3 is 2.68 bits per heavy atom. The molecule has 1 aromatic rings. The van der Waals surface area contributed by atoms with E-state index in [0.29, 0.717) is 22.8 Å². The standard InChI is InChI=1S/C16H24BrFN2O2/c1-11(2)20(4)9-5-8-19-16(21)12(3)22-15-7-6-13(18)10-14(15)17/h6-7,10-12H,5,8-9H2,1-4H3,(H,19,21)/t12-/m0/s1. The maximum atomic E-state index is 13.0. The molecule has 0 saturated carbocycles. The van der Waals surface area contributed by atoms with E-state index in [2.05, 4.69) is 47.0 Å². The summed E-state index contributed by atoms with van der Waals surface area (Å²) in [4.78, 5) is 14.2. The van der Waals surface area contributed by atoms with Crippen LogP contribution < -0.4 is 10.1 Å². The van der Waals surface area contributed by atoms with E-state index in [0.717, 1.165) is 13.0 Å². The molecular weight excluding hydrogens is 351 g/mol. The van der Waals surface area contributed by atoms with Crippen LogP contribution in [0.1, 0.15) is 27.2 Å². The van der Waals surface area contributed by atoms with Gasteiger partial charge in [0.1, 0.15) is 11.6 Å². The van der Waals surface area contributed by atoms with Crippen molar-refractivity contribution in [3.8, 4) is 5.75 Å². The summed E-state index contributed by atoms with van der Waals surface area (Å²) >= 11 is 3.22. The lowest BCUT2D eigenvalue weighted by Crippen LogP contribution is -2.38. The molecule has 22 heavy (non-hydrogen) atoms. The molecule has 1 amide bonds. The first-order valence-electron chi connectivity index (χ1n) is 7.41. The molecule has 1 rings (SSSR count). The van der Waals surface area contributed by atoms with Crippen molar-refractivity contribution in [2.45, 2.75) is 39.3 Å². The Balaban J connectivity index is 2.36. The minimum absolute atomic E-state index is 0.177. The van der Waals surface area contributed by atoms with E-state index in [1.807, 2.05) is 0 Å². The van der Waals surface area contributed by atoms with Gasteiger partial charge < -0.3 is 15.0 Å². The molecule has 1 aromatic carbocycles. The highest BCUT2D eigenvalue weighted by atomic mass is 79.9. The number of hydrogen-bond acceptors (Lipinski definition) is 3. The molecule has 124 valence electrons. The Hall–Kier alpha value is -1.14. The van der Waals surface area contributed by atoms with Gasteiger partial charge in [-0.15, -0.1) is 0 Å². The van der Waals surface area contributed by atoms with Gasteiger partial charge >= 0.3 is 0 Å². The lowest BCUT2D eigenvalue weighted by Gasteiger charge is -2.21. The minimum Gasteiger partial charge on any atom is -0.480 e. The molecular formula is C16H24BrFN2O2. The molecule has 4 nitrogen and oxygen atoms in total. The fourth-order valence-electron chi connectivity index (χ4n) is 1.76. The van der Waals surface area contributed by atoms with Crippen LogP contribution in [0.4, 0.5) is 4.39 Å². The number of rotatable bonds is 8. The number of halogens is 2. The molecule has 0 radical (unpaired) electrons. The molecule has 6 heteroatoms. The predicted molar refractivity (Wildman–Crippen MR) is 89.6 cm³/mol. The van der Waals surface area contributed by atoms with E-state index < -0.39 is 6.10 Å². The summed E-state index contributed by atoms with van der Waals surface area (Å²) in [5.74, 6) is -0.0855. The first kappa shape index (κ1) is 18.9. The van der Waals surface area contributed by atoms with Crippen LogP contribution in [-0.2, 0) is 4.79 Å². The highest BCUT2D eigenvalue weighted by Crippen LogP contribution is 2.26. The van der Waals surface area contributed by atoms with Crippen molar-refractivity contribution in [3.63, 3.8) is 0 Å². The Labute approximate surface area is 140 Å². The number of carbonyl (C=O) groups is 1. The fourth-order valence-corrected chi connectivity index (χ4v) is 2.20. The van der Waals surface area contributed by atoms with E-state index in [-0.39, 0.29) is 11.7 Å². The molecule has 0 saturated heterocycles. The van der Waals surface area contributed by atoms with Gasteiger partial charge in [-0.1, -0.05) is 0 Å². The SMILES string of the molecule is CC(C)N(C)CCCNC(=O)[C@H](C)Oc1ccc(F)cc1Br. The summed E-state index contributed by atoms with van der Waals surface area (Å²) in [5, 5.41) is 2.85. The van der Waals surface area contributed by atoms with Gasteiger partial charge in [0.2, 0.25) is 0 Å². The van der Waals surface area contributed by atoms with Crippen molar-refractivity contribution in [2.24, 2.45) is 0 Å². The summed E-state index contributed by atoms with van der Waals surface area (Å²) in [6.07, 6.45) is 0.248. The third-order valence-corrected chi connectivity index (χ3v) is 4.05. The molecule has 0 bridgehead atoms. The number of nitrogens with zero attached hydrogens (tertiary/aromatic N) is 1. The van der Waals surface area contributed by atoms with Gasteiger partial charge in [-0.25, -0.2) is 4.39 Å². The number of carbonyl (C=O) groups excluding carboxylic acids is 1. The van der Waals surface area contributed by atoms with E-state index in [9.17, 15) is 9.18 Å². The lowest BCUT2D eigenvalue weighted by atomic mass is 10.3.